The summed E-state index contributed by atoms with van der Waals surface area (Å²) in [6.45, 7) is 3.88. The normalized spacial score (nSPS) is 12.3. The van der Waals surface area contributed by atoms with Gasteiger partial charge in [0.1, 0.15) is 11.9 Å². The Morgan fingerprint density at radius 1 is 1.09 bits per heavy atom. The number of carboxylic acid groups (broad SMARTS) is 1. The number of aryl methyl sites for hydroxylation is 1. The molecule has 0 aliphatic carbocycles. The minimum atomic E-state index is -4.37. The van der Waals surface area contributed by atoms with Crippen LogP contribution in [0.4, 0.5) is 13.2 Å². The third-order valence-corrected chi connectivity index (χ3v) is 6.34. The Kier molecular flexibility index (Phi) is 7.98. The molecule has 3 aromatic rings. The molecule has 180 valence electrons. The zero-order valence-corrected chi connectivity index (χ0v) is 19.4. The maximum atomic E-state index is 12.8. The van der Waals surface area contributed by atoms with Crippen LogP contribution in [0.5, 0.6) is 5.75 Å². The van der Waals surface area contributed by atoms with E-state index in [0.717, 1.165) is 28.1 Å². The van der Waals surface area contributed by atoms with Crippen LogP contribution in [-0.4, -0.2) is 23.5 Å². The fourth-order valence-corrected chi connectivity index (χ4v) is 4.43. The van der Waals surface area contributed by atoms with Gasteiger partial charge in [0.2, 0.25) is 0 Å². The van der Waals surface area contributed by atoms with Gasteiger partial charge in [-0.3, -0.25) is 9.59 Å². The molecule has 1 atom stereocenters. The Morgan fingerprint density at radius 2 is 1.79 bits per heavy atom. The summed E-state index contributed by atoms with van der Waals surface area (Å²) in [5.74, 6) is -0.698. The van der Waals surface area contributed by atoms with Crippen LogP contribution in [-0.2, 0) is 11.0 Å². The standard InChI is InChI=1S/C25H24F3NO4S/c1-3-20(21-10-11-22(34-21)24(32)29-13-12-23(30)31)33-18-8-9-19(15(2)14-18)16-4-6-17(7-5-16)25(26,27)28/h4-11,14,20H,3,12-13H2,1-2H3,(H,29,32)(H,30,31)/t20-/m1/s1. The van der Waals surface area contributed by atoms with Crippen molar-refractivity contribution in [2.24, 2.45) is 0 Å². The predicted octanol–water partition coefficient (Wildman–Crippen LogP) is 6.48. The van der Waals surface area contributed by atoms with Crippen LogP contribution in [0.25, 0.3) is 11.1 Å². The molecular weight excluding hydrogens is 467 g/mol. The Labute approximate surface area is 199 Å². The number of carbonyl (C=O) groups is 2. The van der Waals surface area contributed by atoms with Crippen molar-refractivity contribution in [1.29, 1.82) is 0 Å². The van der Waals surface area contributed by atoms with Crippen molar-refractivity contribution in [3.05, 3.63) is 75.5 Å². The molecule has 0 bridgehead atoms. The van der Waals surface area contributed by atoms with Crippen molar-refractivity contribution in [2.45, 2.75) is 39.0 Å². The zero-order valence-electron chi connectivity index (χ0n) is 18.6. The monoisotopic (exact) mass is 491 g/mol. The fraction of sp³-hybridized carbons (Fsp3) is 0.280. The molecule has 0 unspecified atom stereocenters. The maximum absolute atomic E-state index is 12.8. The van der Waals surface area contributed by atoms with E-state index in [9.17, 15) is 22.8 Å². The smallest absolute Gasteiger partial charge is 0.416 e. The SMILES string of the molecule is CC[C@@H](Oc1ccc(-c2ccc(C(F)(F)F)cc2)c(C)c1)c1ccc(C(=O)NCCC(=O)O)s1. The van der Waals surface area contributed by atoms with Crippen LogP contribution in [0.3, 0.4) is 0 Å². The Morgan fingerprint density at radius 3 is 2.38 bits per heavy atom. The summed E-state index contributed by atoms with van der Waals surface area (Å²) < 4.78 is 44.6. The molecular formula is C25H24F3NO4S. The van der Waals surface area contributed by atoms with Crippen molar-refractivity contribution in [3.8, 4) is 16.9 Å². The average molecular weight is 492 g/mol. The minimum absolute atomic E-state index is 0.0552. The van der Waals surface area contributed by atoms with Gasteiger partial charge in [-0.1, -0.05) is 25.1 Å². The number of carbonyl (C=O) groups excluding carboxylic acids is 1. The van der Waals surface area contributed by atoms with Gasteiger partial charge in [-0.25, -0.2) is 0 Å². The number of thiophene rings is 1. The highest BCUT2D eigenvalue weighted by atomic mass is 32.1. The highest BCUT2D eigenvalue weighted by Crippen LogP contribution is 2.34. The molecule has 0 aliphatic rings. The first-order valence-corrected chi connectivity index (χ1v) is 11.4. The van der Waals surface area contributed by atoms with E-state index < -0.39 is 17.7 Å². The number of amides is 1. The van der Waals surface area contributed by atoms with Crippen LogP contribution in [0.2, 0.25) is 0 Å². The lowest BCUT2D eigenvalue weighted by atomic mass is 9.99. The van der Waals surface area contributed by atoms with Gasteiger partial charge in [0.25, 0.3) is 5.91 Å². The average Bonchev–Trinajstić information content (AvgIpc) is 3.27. The second-order valence-electron chi connectivity index (χ2n) is 7.67. The Balaban J connectivity index is 1.70. The second kappa shape index (κ2) is 10.7. The third kappa shape index (κ3) is 6.38. The second-order valence-corrected chi connectivity index (χ2v) is 8.78. The van der Waals surface area contributed by atoms with E-state index in [2.05, 4.69) is 5.32 Å². The van der Waals surface area contributed by atoms with Gasteiger partial charge < -0.3 is 15.2 Å². The highest BCUT2D eigenvalue weighted by Gasteiger charge is 2.30. The number of hydrogen-bond donors (Lipinski definition) is 2. The lowest BCUT2D eigenvalue weighted by Crippen LogP contribution is -2.25. The van der Waals surface area contributed by atoms with E-state index in [1.807, 2.05) is 32.0 Å². The van der Waals surface area contributed by atoms with Gasteiger partial charge in [0, 0.05) is 11.4 Å². The van der Waals surface area contributed by atoms with Gasteiger partial charge in [-0.15, -0.1) is 11.3 Å². The van der Waals surface area contributed by atoms with Gasteiger partial charge in [0.15, 0.2) is 0 Å². The van der Waals surface area contributed by atoms with Crippen LogP contribution in [0, 0.1) is 6.92 Å². The molecule has 34 heavy (non-hydrogen) atoms. The van der Waals surface area contributed by atoms with Crippen LogP contribution < -0.4 is 10.1 Å². The molecule has 0 aliphatic heterocycles. The van der Waals surface area contributed by atoms with Gasteiger partial charge >= 0.3 is 12.1 Å². The lowest BCUT2D eigenvalue weighted by molar-refractivity contribution is -0.138. The molecule has 5 nitrogen and oxygen atoms in total. The van der Waals surface area contributed by atoms with Gasteiger partial charge in [-0.2, -0.15) is 13.2 Å². The number of benzene rings is 2. The van der Waals surface area contributed by atoms with Crippen LogP contribution >= 0.6 is 11.3 Å². The van der Waals surface area contributed by atoms with E-state index in [-0.39, 0.29) is 25.0 Å². The molecule has 0 fully saturated rings. The molecule has 1 amide bonds. The number of aliphatic carboxylic acids is 1. The summed E-state index contributed by atoms with van der Waals surface area (Å²) in [5.41, 5.74) is 1.66. The van der Waals surface area contributed by atoms with Crippen LogP contribution in [0.15, 0.2) is 54.6 Å². The number of nitrogens with one attached hydrogen (secondary N) is 1. The van der Waals surface area contributed by atoms with Crippen molar-refractivity contribution >= 4 is 23.2 Å². The summed E-state index contributed by atoms with van der Waals surface area (Å²) in [6, 6.07) is 14.0. The molecule has 0 radical (unpaired) electrons. The fourth-order valence-electron chi connectivity index (χ4n) is 3.40. The van der Waals surface area contributed by atoms with Gasteiger partial charge in [0.05, 0.1) is 16.9 Å². The summed E-state index contributed by atoms with van der Waals surface area (Å²) >= 11 is 1.28. The largest absolute Gasteiger partial charge is 0.485 e. The van der Waals surface area contributed by atoms with E-state index in [1.54, 1.807) is 12.1 Å². The first kappa shape index (κ1) is 25.3. The van der Waals surface area contributed by atoms with Crippen molar-refractivity contribution in [3.63, 3.8) is 0 Å². The van der Waals surface area contributed by atoms with E-state index in [4.69, 9.17) is 9.84 Å². The quantitative estimate of drug-likeness (QED) is 0.359. The number of ether oxygens (including phenoxy) is 1. The molecule has 0 saturated carbocycles. The van der Waals surface area contributed by atoms with Crippen molar-refractivity contribution < 1.29 is 32.6 Å². The molecule has 2 aromatic carbocycles. The number of hydrogen-bond acceptors (Lipinski definition) is 4. The van der Waals surface area contributed by atoms with E-state index in [1.165, 1.54) is 23.5 Å². The molecule has 1 heterocycles. The van der Waals surface area contributed by atoms with Crippen molar-refractivity contribution in [1.82, 2.24) is 5.32 Å². The molecule has 0 spiro atoms. The Bertz CT molecular complexity index is 1160. The summed E-state index contributed by atoms with van der Waals surface area (Å²) in [6.07, 6.45) is -4.16. The summed E-state index contributed by atoms with van der Waals surface area (Å²) in [5, 5.41) is 11.3. The number of halogens is 3. The van der Waals surface area contributed by atoms with Gasteiger partial charge in [-0.05, 0) is 66.4 Å². The molecule has 9 heteroatoms. The minimum Gasteiger partial charge on any atom is -0.485 e. The van der Waals surface area contributed by atoms with Crippen LogP contribution in [0.1, 0.15) is 51.5 Å². The lowest BCUT2D eigenvalue weighted by Gasteiger charge is -2.18. The summed E-state index contributed by atoms with van der Waals surface area (Å²) in [7, 11) is 0. The number of alkyl halides is 3. The highest BCUT2D eigenvalue weighted by molar-refractivity contribution is 7.14. The van der Waals surface area contributed by atoms with E-state index in [0.29, 0.717) is 22.6 Å². The first-order valence-electron chi connectivity index (χ1n) is 10.6. The number of carboxylic acids is 1. The molecule has 3 rings (SSSR count). The first-order chi connectivity index (χ1) is 16.1. The third-order valence-electron chi connectivity index (χ3n) is 5.16. The zero-order chi connectivity index (χ0) is 24.9. The number of rotatable bonds is 9. The topological polar surface area (TPSA) is 75.6 Å². The van der Waals surface area contributed by atoms with E-state index >= 15 is 0 Å². The van der Waals surface area contributed by atoms with Crippen molar-refractivity contribution in [2.75, 3.05) is 6.54 Å². The predicted molar refractivity (Wildman–Crippen MR) is 124 cm³/mol. The molecule has 1 aromatic heterocycles. The maximum Gasteiger partial charge on any atom is 0.416 e. The molecule has 2 N–H and O–H groups in total. The molecule has 0 saturated heterocycles. The summed E-state index contributed by atoms with van der Waals surface area (Å²) in [4.78, 5) is 24.1. The Hall–Kier alpha value is -3.33.